The molecule has 1 aromatic carbocycles. The lowest BCUT2D eigenvalue weighted by Gasteiger charge is -2.22. The Morgan fingerprint density at radius 2 is 2.07 bits per heavy atom. The van der Waals surface area contributed by atoms with E-state index in [2.05, 4.69) is 34.0 Å². The number of aryl methyl sites for hydroxylation is 1. The van der Waals surface area contributed by atoms with Gasteiger partial charge in [0.1, 0.15) is 0 Å². The van der Waals surface area contributed by atoms with E-state index in [9.17, 15) is 4.79 Å². The van der Waals surface area contributed by atoms with Crippen molar-refractivity contribution in [2.45, 2.75) is 38.0 Å². The van der Waals surface area contributed by atoms with Crippen LogP contribution in [0.4, 0.5) is 10.5 Å². The molecule has 1 fully saturated rings. The minimum absolute atomic E-state index is 0.363. The molecule has 6 nitrogen and oxygen atoms in total. The average molecular weight is 367 g/mol. The zero-order chi connectivity index (χ0) is 18.6. The fourth-order valence-electron chi connectivity index (χ4n) is 4.11. The molecule has 0 bridgehead atoms. The molecule has 2 heterocycles. The number of urea groups is 1. The molecular weight excluding hydrogens is 342 g/mol. The second kappa shape index (κ2) is 8.06. The maximum absolute atomic E-state index is 12.1. The molecule has 0 saturated carbocycles. The molecule has 2 N–H and O–H groups in total. The third-order valence-corrected chi connectivity index (χ3v) is 5.45. The highest BCUT2D eigenvalue weighted by Crippen LogP contribution is 2.38. The number of pyridine rings is 1. The lowest BCUT2D eigenvalue weighted by Crippen LogP contribution is -2.28. The Kier molecular flexibility index (Phi) is 5.36. The zero-order valence-corrected chi connectivity index (χ0v) is 15.6. The van der Waals surface area contributed by atoms with Gasteiger partial charge in [-0.05, 0) is 60.9 Å². The number of fused-ring (bicyclic) bond motifs is 1. The molecule has 4 rings (SSSR count). The molecule has 27 heavy (non-hydrogen) atoms. The number of nitrogens with one attached hydrogen (secondary N) is 2. The van der Waals surface area contributed by atoms with Crippen LogP contribution < -0.4 is 10.8 Å². The summed E-state index contributed by atoms with van der Waals surface area (Å²) in [6.07, 6.45) is 7.02. The van der Waals surface area contributed by atoms with Gasteiger partial charge in [-0.3, -0.25) is 9.82 Å². The maximum Gasteiger partial charge on any atom is 0.343 e. The topological polar surface area (TPSA) is 72.5 Å². The maximum atomic E-state index is 12.1. The standard InChI is InChI=1S/C21H25N3O3/c1-26-24-21(25)23-20-17-4-2-3-14(17)5-6-18(20)16-7-10-22-19(13-16)15-8-11-27-12-9-15/h5-7,10,13,15H,2-4,8-9,11-12H2,1H3,(H2,23,24,25). The number of hydrogen-bond acceptors (Lipinski definition) is 4. The van der Waals surface area contributed by atoms with Crippen molar-refractivity contribution < 1.29 is 14.4 Å². The number of aromatic nitrogens is 1. The predicted molar refractivity (Wildman–Crippen MR) is 104 cm³/mol. The summed E-state index contributed by atoms with van der Waals surface area (Å²) in [6.45, 7) is 1.58. The van der Waals surface area contributed by atoms with Crippen LogP contribution in [-0.4, -0.2) is 31.3 Å². The largest absolute Gasteiger partial charge is 0.381 e. The summed E-state index contributed by atoms with van der Waals surface area (Å²) in [5, 5.41) is 2.99. The number of hydroxylamine groups is 1. The summed E-state index contributed by atoms with van der Waals surface area (Å²) < 4.78 is 5.48. The Morgan fingerprint density at radius 1 is 1.22 bits per heavy atom. The van der Waals surface area contributed by atoms with E-state index in [1.807, 2.05) is 12.3 Å². The number of ether oxygens (including phenoxy) is 1. The summed E-state index contributed by atoms with van der Waals surface area (Å²) >= 11 is 0. The number of benzene rings is 1. The van der Waals surface area contributed by atoms with Gasteiger partial charge in [-0.25, -0.2) is 10.3 Å². The molecular formula is C21H25N3O3. The lowest BCUT2D eigenvalue weighted by atomic mass is 9.92. The molecule has 142 valence electrons. The van der Waals surface area contributed by atoms with Crippen molar-refractivity contribution in [1.82, 2.24) is 10.5 Å². The first-order valence-electron chi connectivity index (χ1n) is 9.55. The SMILES string of the molecule is CONC(=O)Nc1c(-c2ccnc(C3CCOCC3)c2)ccc2c1CCC2. The van der Waals surface area contributed by atoms with Gasteiger partial charge in [0, 0.05) is 36.6 Å². The van der Waals surface area contributed by atoms with E-state index in [4.69, 9.17) is 9.57 Å². The van der Waals surface area contributed by atoms with Crippen LogP contribution in [0.5, 0.6) is 0 Å². The Hall–Kier alpha value is -2.44. The number of carbonyl (C=O) groups excluding carboxylic acids is 1. The van der Waals surface area contributed by atoms with Crippen molar-refractivity contribution in [3.8, 4) is 11.1 Å². The quantitative estimate of drug-likeness (QED) is 0.806. The van der Waals surface area contributed by atoms with Crippen molar-refractivity contribution in [3.05, 3.63) is 47.3 Å². The highest BCUT2D eigenvalue weighted by molar-refractivity contribution is 5.96. The third kappa shape index (κ3) is 3.82. The third-order valence-electron chi connectivity index (χ3n) is 5.45. The zero-order valence-electron chi connectivity index (χ0n) is 15.6. The van der Waals surface area contributed by atoms with Crippen LogP contribution in [-0.2, 0) is 22.4 Å². The molecule has 0 atom stereocenters. The summed E-state index contributed by atoms with van der Waals surface area (Å²) in [6, 6.07) is 8.10. The molecule has 1 saturated heterocycles. The predicted octanol–water partition coefficient (Wildman–Crippen LogP) is 3.81. The lowest BCUT2D eigenvalue weighted by molar-refractivity contribution is 0.0845. The molecule has 1 aliphatic heterocycles. The molecule has 0 radical (unpaired) electrons. The van der Waals surface area contributed by atoms with E-state index in [0.29, 0.717) is 5.92 Å². The number of rotatable bonds is 4. The first kappa shape index (κ1) is 17.9. The summed E-state index contributed by atoms with van der Waals surface area (Å²) in [5.41, 5.74) is 8.97. The van der Waals surface area contributed by atoms with E-state index in [1.54, 1.807) is 0 Å². The summed E-state index contributed by atoms with van der Waals surface area (Å²) in [7, 11) is 1.43. The molecule has 6 heteroatoms. The van der Waals surface area contributed by atoms with Crippen LogP contribution in [0.1, 0.15) is 42.0 Å². The van der Waals surface area contributed by atoms with Crippen molar-refractivity contribution in [1.29, 1.82) is 0 Å². The van der Waals surface area contributed by atoms with Gasteiger partial charge in [0.2, 0.25) is 0 Å². The number of nitrogens with zero attached hydrogens (tertiary/aromatic N) is 1. The number of hydrogen-bond donors (Lipinski definition) is 2. The van der Waals surface area contributed by atoms with Gasteiger partial charge in [-0.1, -0.05) is 12.1 Å². The smallest absolute Gasteiger partial charge is 0.343 e. The number of anilines is 1. The van der Waals surface area contributed by atoms with Gasteiger partial charge in [0.25, 0.3) is 0 Å². The van der Waals surface area contributed by atoms with Crippen LogP contribution in [0.3, 0.4) is 0 Å². The highest BCUT2D eigenvalue weighted by Gasteiger charge is 2.22. The minimum atomic E-state index is -0.363. The van der Waals surface area contributed by atoms with Crippen LogP contribution >= 0.6 is 0 Å². The van der Waals surface area contributed by atoms with E-state index in [1.165, 1.54) is 18.2 Å². The van der Waals surface area contributed by atoms with Gasteiger partial charge in [-0.15, -0.1) is 0 Å². The van der Waals surface area contributed by atoms with Crippen LogP contribution in [0.2, 0.25) is 0 Å². The Labute approximate surface area is 159 Å². The molecule has 2 aromatic rings. The second-order valence-electron chi connectivity index (χ2n) is 7.10. The average Bonchev–Trinajstić information content (AvgIpc) is 3.18. The Balaban J connectivity index is 1.71. The minimum Gasteiger partial charge on any atom is -0.381 e. The van der Waals surface area contributed by atoms with E-state index < -0.39 is 0 Å². The molecule has 0 spiro atoms. The van der Waals surface area contributed by atoms with Crippen LogP contribution in [0, 0.1) is 0 Å². The Morgan fingerprint density at radius 3 is 2.89 bits per heavy atom. The molecule has 1 aliphatic carbocycles. The molecule has 1 aromatic heterocycles. The van der Waals surface area contributed by atoms with Crippen LogP contribution in [0.15, 0.2) is 30.5 Å². The molecule has 2 aliphatic rings. The first-order chi connectivity index (χ1) is 13.3. The fourth-order valence-corrected chi connectivity index (χ4v) is 4.11. The first-order valence-corrected chi connectivity index (χ1v) is 9.55. The summed E-state index contributed by atoms with van der Waals surface area (Å²) in [4.78, 5) is 21.5. The van der Waals surface area contributed by atoms with Crippen molar-refractivity contribution in [3.63, 3.8) is 0 Å². The van der Waals surface area contributed by atoms with Gasteiger partial charge >= 0.3 is 6.03 Å². The van der Waals surface area contributed by atoms with Gasteiger partial charge < -0.3 is 10.1 Å². The van der Waals surface area contributed by atoms with Crippen LogP contribution in [0.25, 0.3) is 11.1 Å². The van der Waals surface area contributed by atoms with Crippen molar-refractivity contribution in [2.24, 2.45) is 0 Å². The number of amides is 2. The molecule has 0 unspecified atom stereocenters. The van der Waals surface area contributed by atoms with E-state index in [0.717, 1.165) is 67.8 Å². The van der Waals surface area contributed by atoms with Crippen molar-refractivity contribution in [2.75, 3.05) is 25.6 Å². The number of carbonyl (C=O) groups is 1. The van der Waals surface area contributed by atoms with Gasteiger partial charge in [0.15, 0.2) is 0 Å². The molecule has 2 amide bonds. The fraction of sp³-hybridized carbons (Fsp3) is 0.429. The van der Waals surface area contributed by atoms with E-state index in [-0.39, 0.29) is 6.03 Å². The van der Waals surface area contributed by atoms with E-state index >= 15 is 0 Å². The van der Waals surface area contributed by atoms with Gasteiger partial charge in [-0.2, -0.15) is 0 Å². The second-order valence-corrected chi connectivity index (χ2v) is 7.10. The summed E-state index contributed by atoms with van der Waals surface area (Å²) in [5.74, 6) is 0.432. The Bertz CT molecular complexity index is 831. The monoisotopic (exact) mass is 367 g/mol. The highest BCUT2D eigenvalue weighted by atomic mass is 16.6. The normalized spacial score (nSPS) is 16.8. The van der Waals surface area contributed by atoms with Crippen molar-refractivity contribution >= 4 is 11.7 Å². The van der Waals surface area contributed by atoms with Gasteiger partial charge in [0.05, 0.1) is 12.8 Å².